The lowest BCUT2D eigenvalue weighted by atomic mass is 9.76. The molecule has 2 aromatic rings. The molecule has 3 rings (SSSR count). The number of nitrogens with one attached hydrogen (secondary N) is 1. The average Bonchev–Trinajstić information content (AvgIpc) is 2.66. The molecule has 1 heterocycles. The molecule has 5 atom stereocenters. The van der Waals surface area contributed by atoms with Crippen LogP contribution in [0.2, 0.25) is 0 Å². The van der Waals surface area contributed by atoms with E-state index in [9.17, 15) is 5.11 Å². The molecule has 2 N–H and O–H groups in total. The van der Waals surface area contributed by atoms with Crippen molar-refractivity contribution >= 4 is 0 Å². The molecule has 0 aliphatic carbocycles. The summed E-state index contributed by atoms with van der Waals surface area (Å²) in [5.41, 5.74) is 2.70. The Morgan fingerprint density at radius 3 is 2.12 bits per heavy atom. The highest BCUT2D eigenvalue weighted by molar-refractivity contribution is 5.22. The van der Waals surface area contributed by atoms with E-state index in [0.29, 0.717) is 18.0 Å². The van der Waals surface area contributed by atoms with Crippen LogP contribution in [0.4, 0.5) is 0 Å². The minimum atomic E-state index is -0.226. The fourth-order valence-electron chi connectivity index (χ4n) is 4.62. The molecule has 0 aromatic heterocycles. The summed E-state index contributed by atoms with van der Waals surface area (Å²) in [6.07, 6.45) is 5.45. The van der Waals surface area contributed by atoms with Crippen LogP contribution in [0.25, 0.3) is 0 Å². The monoisotopic (exact) mass is 338 g/mol. The van der Waals surface area contributed by atoms with Crippen molar-refractivity contribution in [2.24, 2.45) is 5.92 Å². The number of piperidine rings is 1. The topological polar surface area (TPSA) is 24.7 Å². The van der Waals surface area contributed by atoms with Crippen LogP contribution in [0.3, 0.4) is 0 Å². The molecular formula is C23H32NO+. The van der Waals surface area contributed by atoms with Gasteiger partial charge in [0.2, 0.25) is 0 Å². The van der Waals surface area contributed by atoms with E-state index < -0.39 is 0 Å². The number of unbranched alkanes of at least 4 members (excludes halogenated alkanes) is 2. The van der Waals surface area contributed by atoms with Crippen LogP contribution in [-0.2, 0) is 0 Å². The molecule has 1 unspecified atom stereocenters. The van der Waals surface area contributed by atoms with Gasteiger partial charge in [-0.1, -0.05) is 86.8 Å². The smallest absolute Gasteiger partial charge is 0.119 e. The van der Waals surface area contributed by atoms with Crippen LogP contribution in [0.1, 0.15) is 62.2 Å². The van der Waals surface area contributed by atoms with Crippen molar-refractivity contribution in [2.75, 3.05) is 7.05 Å². The highest BCUT2D eigenvalue weighted by Gasteiger charge is 2.44. The number of likely N-dealkylation sites (tertiary alicyclic amines) is 1. The molecule has 0 bridgehead atoms. The van der Waals surface area contributed by atoms with Crippen molar-refractivity contribution in [3.8, 4) is 0 Å². The zero-order valence-corrected chi connectivity index (χ0v) is 15.6. The third-order valence-corrected chi connectivity index (χ3v) is 5.94. The Balaban J connectivity index is 1.90. The zero-order valence-electron chi connectivity index (χ0n) is 15.6. The van der Waals surface area contributed by atoms with Crippen LogP contribution < -0.4 is 4.90 Å². The van der Waals surface area contributed by atoms with E-state index in [0.717, 1.165) is 12.8 Å². The van der Waals surface area contributed by atoms with E-state index in [1.165, 1.54) is 35.3 Å². The van der Waals surface area contributed by atoms with E-state index >= 15 is 0 Å². The molecule has 2 aromatic carbocycles. The van der Waals surface area contributed by atoms with Gasteiger partial charge >= 0.3 is 0 Å². The molecule has 1 aliphatic rings. The lowest BCUT2D eigenvalue weighted by Crippen LogP contribution is -3.12. The molecule has 0 saturated carbocycles. The molecular weight excluding hydrogens is 306 g/mol. The van der Waals surface area contributed by atoms with Crippen molar-refractivity contribution in [1.29, 1.82) is 0 Å². The fourth-order valence-corrected chi connectivity index (χ4v) is 4.62. The molecule has 0 spiro atoms. The van der Waals surface area contributed by atoms with E-state index in [2.05, 4.69) is 74.6 Å². The minimum absolute atomic E-state index is 0.226. The van der Waals surface area contributed by atoms with Crippen molar-refractivity contribution in [3.05, 3.63) is 71.8 Å². The number of benzene rings is 2. The Morgan fingerprint density at radius 1 is 0.920 bits per heavy atom. The van der Waals surface area contributed by atoms with Gasteiger partial charge in [-0.25, -0.2) is 0 Å². The van der Waals surface area contributed by atoms with Gasteiger partial charge in [-0.15, -0.1) is 0 Å². The van der Waals surface area contributed by atoms with Gasteiger partial charge in [-0.05, 0) is 6.42 Å². The van der Waals surface area contributed by atoms with Gasteiger partial charge in [-0.3, -0.25) is 0 Å². The summed E-state index contributed by atoms with van der Waals surface area (Å²) >= 11 is 0. The summed E-state index contributed by atoms with van der Waals surface area (Å²) in [6, 6.07) is 22.2. The summed E-state index contributed by atoms with van der Waals surface area (Å²) in [5.74, 6) is 0.342. The van der Waals surface area contributed by atoms with Crippen molar-refractivity contribution in [3.63, 3.8) is 0 Å². The molecule has 1 aliphatic heterocycles. The molecule has 2 heteroatoms. The number of rotatable bonds is 6. The lowest BCUT2D eigenvalue weighted by Gasteiger charge is -2.44. The van der Waals surface area contributed by atoms with E-state index in [1.54, 1.807) is 0 Å². The number of aliphatic hydroxyl groups excluding tert-OH is 1. The van der Waals surface area contributed by atoms with Gasteiger partial charge in [-0.2, -0.15) is 0 Å². The third-order valence-electron chi connectivity index (χ3n) is 5.94. The first-order valence-corrected chi connectivity index (χ1v) is 9.83. The molecule has 0 amide bonds. The molecule has 1 fully saturated rings. The van der Waals surface area contributed by atoms with Gasteiger partial charge in [0.15, 0.2) is 0 Å². The van der Waals surface area contributed by atoms with Crippen LogP contribution in [0.15, 0.2) is 60.7 Å². The van der Waals surface area contributed by atoms with Crippen LogP contribution in [0, 0.1) is 5.92 Å². The predicted octanol–water partition coefficient (Wildman–Crippen LogP) is 3.94. The van der Waals surface area contributed by atoms with E-state index in [1.807, 2.05) is 0 Å². The van der Waals surface area contributed by atoms with Crippen LogP contribution in [0.5, 0.6) is 0 Å². The number of hydrogen-bond donors (Lipinski definition) is 2. The van der Waals surface area contributed by atoms with Crippen LogP contribution in [-0.4, -0.2) is 18.3 Å². The molecule has 134 valence electrons. The van der Waals surface area contributed by atoms with E-state index in [-0.39, 0.29) is 6.10 Å². The van der Waals surface area contributed by atoms with Gasteiger partial charge in [0.25, 0.3) is 0 Å². The number of aliphatic hydroxyl groups is 1. The first-order valence-electron chi connectivity index (χ1n) is 9.83. The Morgan fingerprint density at radius 2 is 1.52 bits per heavy atom. The first kappa shape index (κ1) is 18.2. The zero-order chi connectivity index (χ0) is 17.6. The van der Waals surface area contributed by atoms with Crippen molar-refractivity contribution in [2.45, 2.75) is 57.2 Å². The van der Waals surface area contributed by atoms with Crippen molar-refractivity contribution < 1.29 is 10.0 Å². The SMILES string of the molecule is CCCCC[C@@H]1[C@@H](c2ccccc2)[NH+](C)[C@@H](c2ccccc2)C[C@@H]1O. The molecule has 0 radical (unpaired) electrons. The Kier molecular flexibility index (Phi) is 6.28. The van der Waals surface area contributed by atoms with Gasteiger partial charge in [0.1, 0.15) is 12.1 Å². The number of quaternary nitrogens is 1. The number of hydrogen-bond acceptors (Lipinski definition) is 1. The second-order valence-electron chi connectivity index (χ2n) is 7.56. The second-order valence-corrected chi connectivity index (χ2v) is 7.56. The predicted molar refractivity (Wildman–Crippen MR) is 104 cm³/mol. The first-order chi connectivity index (χ1) is 12.2. The Hall–Kier alpha value is -1.64. The quantitative estimate of drug-likeness (QED) is 0.766. The summed E-state index contributed by atoms with van der Waals surface area (Å²) in [4.78, 5) is 1.52. The maximum Gasteiger partial charge on any atom is 0.119 e. The molecule has 25 heavy (non-hydrogen) atoms. The van der Waals surface area contributed by atoms with E-state index in [4.69, 9.17) is 0 Å². The summed E-state index contributed by atoms with van der Waals surface area (Å²) in [6.45, 7) is 2.24. The summed E-state index contributed by atoms with van der Waals surface area (Å²) < 4.78 is 0. The minimum Gasteiger partial charge on any atom is -0.392 e. The van der Waals surface area contributed by atoms with Gasteiger partial charge in [0.05, 0.1) is 13.2 Å². The largest absolute Gasteiger partial charge is 0.392 e. The standard InChI is InChI=1S/C23H31NO/c1-3-4-7-16-20-22(25)17-21(18-12-8-5-9-13-18)24(2)23(20)19-14-10-6-11-15-19/h5-6,8-15,20-23,25H,3-4,7,16-17H2,1-2H3/p+1/t20-,21+,22-,23+/m0/s1. The lowest BCUT2D eigenvalue weighted by molar-refractivity contribution is -0.955. The maximum atomic E-state index is 11.0. The highest BCUT2D eigenvalue weighted by atomic mass is 16.3. The third kappa shape index (κ3) is 4.13. The average molecular weight is 339 g/mol. The maximum absolute atomic E-state index is 11.0. The van der Waals surface area contributed by atoms with Gasteiger partial charge in [0, 0.05) is 23.5 Å². The summed E-state index contributed by atoms with van der Waals surface area (Å²) in [5, 5.41) is 11.0. The van der Waals surface area contributed by atoms with Crippen molar-refractivity contribution in [1.82, 2.24) is 0 Å². The second kappa shape index (κ2) is 8.64. The molecule has 2 nitrogen and oxygen atoms in total. The molecule has 1 saturated heterocycles. The van der Waals surface area contributed by atoms with Gasteiger partial charge < -0.3 is 10.0 Å². The highest BCUT2D eigenvalue weighted by Crippen LogP contribution is 2.36. The Bertz CT molecular complexity index is 627. The fraction of sp³-hybridized carbons (Fsp3) is 0.478. The van der Waals surface area contributed by atoms with Crippen LogP contribution >= 0.6 is 0 Å². The normalized spacial score (nSPS) is 29.5. The Labute approximate surface area is 152 Å². The summed E-state index contributed by atoms with van der Waals surface area (Å²) in [7, 11) is 2.31.